The molecule has 0 aliphatic rings. The molecule has 2 N–H and O–H groups in total. The Morgan fingerprint density at radius 2 is 1.29 bits per heavy atom. The minimum absolute atomic E-state index is 0.192. The van der Waals surface area contributed by atoms with E-state index in [1.54, 1.807) is 0 Å². The maximum atomic E-state index is 8.95. The van der Waals surface area contributed by atoms with Crippen LogP contribution in [-0.2, 0) is 0 Å². The van der Waals surface area contributed by atoms with Crippen LogP contribution < -0.4 is 0 Å². The fourth-order valence-corrected chi connectivity index (χ4v) is 6.05. The first-order valence-electron chi connectivity index (χ1n) is 7.12. The summed E-state index contributed by atoms with van der Waals surface area (Å²) in [6, 6.07) is 5.56. The lowest BCUT2D eigenvalue weighted by atomic mass is 10.4. The van der Waals surface area contributed by atoms with Crippen molar-refractivity contribution in [3.63, 3.8) is 0 Å². The summed E-state index contributed by atoms with van der Waals surface area (Å²) >= 11 is 0. The average Bonchev–Trinajstić information content (AvgIpc) is 2.36. The van der Waals surface area contributed by atoms with Gasteiger partial charge >= 0.3 is 0 Å². The van der Waals surface area contributed by atoms with Crippen LogP contribution in [0.15, 0.2) is 0 Å². The number of rotatable bonds is 11. The maximum Gasteiger partial charge on any atom is 0.0558 e. The lowest BCUT2D eigenvalue weighted by molar-refractivity contribution is 0.161. The molecule has 0 heterocycles. The lowest BCUT2D eigenvalue weighted by Crippen LogP contribution is -2.35. The van der Waals surface area contributed by atoms with Gasteiger partial charge in [0.2, 0.25) is 0 Å². The fourth-order valence-electron chi connectivity index (χ4n) is 2.58. The minimum atomic E-state index is -0.982. The van der Waals surface area contributed by atoms with Crippen LogP contribution in [0, 0.1) is 0 Å². The van der Waals surface area contributed by atoms with Crippen molar-refractivity contribution < 1.29 is 10.2 Å². The molecule has 0 atom stereocenters. The predicted molar refractivity (Wildman–Crippen MR) is 77.2 cm³/mol. The second-order valence-corrected chi connectivity index (χ2v) is 10.6. The van der Waals surface area contributed by atoms with Gasteiger partial charge in [-0.15, -0.1) is 0 Å². The fraction of sp³-hybridized carbons (Fsp3) is 1.00. The van der Waals surface area contributed by atoms with E-state index in [-0.39, 0.29) is 13.2 Å². The Hall–Kier alpha value is 0.0969. The molecule has 17 heavy (non-hydrogen) atoms. The molecule has 0 aliphatic heterocycles. The Kier molecular flexibility index (Phi) is 10.1. The van der Waals surface area contributed by atoms with Crippen LogP contribution in [0.25, 0.3) is 0 Å². The largest absolute Gasteiger partial charge is 0.395 e. The van der Waals surface area contributed by atoms with Gasteiger partial charge in [0.15, 0.2) is 0 Å². The molecule has 4 heteroatoms. The first-order valence-corrected chi connectivity index (χ1v) is 9.95. The summed E-state index contributed by atoms with van der Waals surface area (Å²) in [4.78, 5) is 2.17. The van der Waals surface area contributed by atoms with E-state index in [1.807, 2.05) is 0 Å². The summed E-state index contributed by atoms with van der Waals surface area (Å²) in [7, 11) is -0.982. The maximum absolute atomic E-state index is 8.95. The quantitative estimate of drug-likeness (QED) is 0.560. The van der Waals surface area contributed by atoms with E-state index in [2.05, 4.69) is 25.7 Å². The van der Waals surface area contributed by atoms with Gasteiger partial charge in [-0.25, -0.2) is 0 Å². The zero-order chi connectivity index (χ0) is 13.1. The van der Waals surface area contributed by atoms with Gasteiger partial charge in [0, 0.05) is 13.1 Å². The molecule has 0 saturated heterocycles. The monoisotopic (exact) mass is 261 g/mol. The van der Waals surface area contributed by atoms with Crippen molar-refractivity contribution in [2.24, 2.45) is 0 Å². The first-order chi connectivity index (χ1) is 8.17. The lowest BCUT2D eigenvalue weighted by Gasteiger charge is -2.29. The Morgan fingerprint density at radius 3 is 1.65 bits per heavy atom. The molecule has 0 aromatic heterocycles. The zero-order valence-electron chi connectivity index (χ0n) is 11.9. The van der Waals surface area contributed by atoms with Crippen LogP contribution in [0.1, 0.15) is 27.2 Å². The topological polar surface area (TPSA) is 43.7 Å². The van der Waals surface area contributed by atoms with E-state index in [9.17, 15) is 0 Å². The number of hydrogen-bond acceptors (Lipinski definition) is 3. The highest BCUT2D eigenvalue weighted by Crippen LogP contribution is 2.26. The summed E-state index contributed by atoms with van der Waals surface area (Å²) in [5.41, 5.74) is 0. The van der Waals surface area contributed by atoms with Crippen molar-refractivity contribution in [1.82, 2.24) is 4.90 Å². The number of aliphatic hydroxyl groups is 2. The summed E-state index contributed by atoms with van der Waals surface area (Å²) < 4.78 is 0. The second-order valence-electron chi connectivity index (χ2n) is 4.95. The van der Waals surface area contributed by atoms with E-state index in [1.165, 1.54) is 30.6 Å². The molecule has 0 unspecified atom stereocenters. The van der Waals surface area contributed by atoms with Gasteiger partial charge in [-0.3, -0.25) is 4.90 Å². The van der Waals surface area contributed by atoms with Crippen molar-refractivity contribution in [2.75, 3.05) is 32.8 Å². The smallest absolute Gasteiger partial charge is 0.0558 e. The van der Waals surface area contributed by atoms with Gasteiger partial charge < -0.3 is 10.2 Å². The van der Waals surface area contributed by atoms with Gasteiger partial charge in [0.25, 0.3) is 0 Å². The molecule has 0 radical (unpaired) electrons. The minimum Gasteiger partial charge on any atom is -0.395 e. The number of hydrogen-bond donors (Lipinski definition) is 2. The van der Waals surface area contributed by atoms with Crippen LogP contribution in [-0.4, -0.2) is 56.0 Å². The Balaban J connectivity index is 3.99. The molecule has 0 aliphatic carbocycles. The van der Waals surface area contributed by atoms with Gasteiger partial charge in [0.05, 0.1) is 21.3 Å². The van der Waals surface area contributed by atoms with Crippen LogP contribution in [0.5, 0.6) is 0 Å². The molecular formula is C13H31NO2Si. The van der Waals surface area contributed by atoms with E-state index in [0.717, 1.165) is 6.54 Å². The molecule has 0 fully saturated rings. The third-order valence-corrected chi connectivity index (χ3v) is 10.2. The third kappa shape index (κ3) is 6.55. The van der Waals surface area contributed by atoms with Crippen LogP contribution in [0.3, 0.4) is 0 Å². The Bertz CT molecular complexity index is 161. The standard InChI is InChI=1S/C13H31NO2Si/c1-4-17(5-2,6-3)13-7-8-14(9-11-15)10-12-16/h15-16H,4-13H2,1-3H3. The summed E-state index contributed by atoms with van der Waals surface area (Å²) in [5, 5.41) is 17.9. The highest BCUT2D eigenvalue weighted by molar-refractivity contribution is 6.79. The highest BCUT2D eigenvalue weighted by atomic mass is 28.3. The zero-order valence-corrected chi connectivity index (χ0v) is 12.9. The molecule has 0 aromatic rings. The summed E-state index contributed by atoms with van der Waals surface area (Å²) in [6.07, 6.45) is 1.22. The average molecular weight is 261 g/mol. The molecule has 0 saturated carbocycles. The SMILES string of the molecule is CC[Si](CC)(CC)CCCN(CCO)CCO. The molecule has 0 amide bonds. The van der Waals surface area contributed by atoms with Crippen molar-refractivity contribution >= 4 is 8.07 Å². The van der Waals surface area contributed by atoms with E-state index < -0.39 is 8.07 Å². The van der Waals surface area contributed by atoms with E-state index in [4.69, 9.17) is 10.2 Å². The molecular weight excluding hydrogens is 230 g/mol. The molecule has 0 spiro atoms. The van der Waals surface area contributed by atoms with Crippen LogP contribution in [0.2, 0.25) is 24.2 Å². The molecule has 0 bridgehead atoms. The molecule has 0 aromatic carbocycles. The Labute approximate surface area is 108 Å². The number of aliphatic hydroxyl groups excluding tert-OH is 2. The second kappa shape index (κ2) is 10.1. The molecule has 104 valence electrons. The van der Waals surface area contributed by atoms with Crippen LogP contribution in [0.4, 0.5) is 0 Å². The third-order valence-electron chi connectivity index (χ3n) is 4.26. The van der Waals surface area contributed by atoms with Gasteiger partial charge in [-0.05, 0) is 13.0 Å². The van der Waals surface area contributed by atoms with Crippen molar-refractivity contribution in [3.05, 3.63) is 0 Å². The van der Waals surface area contributed by atoms with E-state index in [0.29, 0.717) is 13.1 Å². The van der Waals surface area contributed by atoms with Crippen molar-refractivity contribution in [1.29, 1.82) is 0 Å². The summed E-state index contributed by atoms with van der Waals surface area (Å²) in [5.74, 6) is 0. The molecule has 0 rings (SSSR count). The van der Waals surface area contributed by atoms with Gasteiger partial charge in [-0.1, -0.05) is 44.9 Å². The van der Waals surface area contributed by atoms with Crippen molar-refractivity contribution in [2.45, 2.75) is 51.4 Å². The number of nitrogens with zero attached hydrogens (tertiary/aromatic N) is 1. The van der Waals surface area contributed by atoms with E-state index >= 15 is 0 Å². The predicted octanol–water partition coefficient (Wildman–Crippen LogP) is 2.17. The van der Waals surface area contributed by atoms with Gasteiger partial charge in [-0.2, -0.15) is 0 Å². The highest BCUT2D eigenvalue weighted by Gasteiger charge is 2.25. The van der Waals surface area contributed by atoms with Gasteiger partial charge in [0.1, 0.15) is 0 Å². The summed E-state index contributed by atoms with van der Waals surface area (Å²) in [6.45, 7) is 9.83. The normalized spacial score (nSPS) is 12.4. The first kappa shape index (κ1) is 17.1. The molecule has 3 nitrogen and oxygen atoms in total. The van der Waals surface area contributed by atoms with Crippen molar-refractivity contribution in [3.8, 4) is 0 Å². The Morgan fingerprint density at radius 1 is 0.824 bits per heavy atom. The van der Waals surface area contributed by atoms with Crippen LogP contribution >= 0.6 is 0 Å².